The molecule has 1 aliphatic rings. The van der Waals surface area contributed by atoms with Gasteiger partial charge in [0.2, 0.25) is 10.0 Å². The SMILES string of the molecule is Cc1ccc(S(=O)(=O)N2CCCC(=O)[C@@H]2C)cc1. The molecule has 0 amide bonds. The summed E-state index contributed by atoms with van der Waals surface area (Å²) in [7, 11) is -3.55. The number of benzene rings is 1. The molecule has 0 aliphatic carbocycles. The summed E-state index contributed by atoms with van der Waals surface area (Å²) in [4.78, 5) is 11.9. The lowest BCUT2D eigenvalue weighted by molar-refractivity contribution is -0.124. The zero-order valence-corrected chi connectivity index (χ0v) is 11.4. The van der Waals surface area contributed by atoms with E-state index in [1.165, 1.54) is 4.31 Å². The van der Waals surface area contributed by atoms with Gasteiger partial charge in [0.25, 0.3) is 0 Å². The normalized spacial score (nSPS) is 22.1. The highest BCUT2D eigenvalue weighted by Crippen LogP contribution is 2.23. The van der Waals surface area contributed by atoms with Crippen LogP contribution in [-0.4, -0.2) is 31.1 Å². The van der Waals surface area contributed by atoms with Crippen LogP contribution in [0, 0.1) is 6.92 Å². The monoisotopic (exact) mass is 267 g/mol. The Bertz CT molecular complexity index is 548. The van der Waals surface area contributed by atoms with Crippen LogP contribution in [0.1, 0.15) is 25.3 Å². The van der Waals surface area contributed by atoms with Gasteiger partial charge in [-0.3, -0.25) is 4.79 Å². The van der Waals surface area contributed by atoms with Gasteiger partial charge in [0.05, 0.1) is 10.9 Å². The molecule has 1 aromatic carbocycles. The van der Waals surface area contributed by atoms with E-state index in [-0.39, 0.29) is 10.7 Å². The predicted molar refractivity (Wildman–Crippen MR) is 68.8 cm³/mol. The Hall–Kier alpha value is -1.20. The van der Waals surface area contributed by atoms with Crippen molar-refractivity contribution in [1.82, 2.24) is 4.31 Å². The molecule has 0 aromatic heterocycles. The number of hydrogen-bond donors (Lipinski definition) is 0. The first kappa shape index (κ1) is 13.2. The van der Waals surface area contributed by atoms with E-state index in [2.05, 4.69) is 0 Å². The van der Waals surface area contributed by atoms with Gasteiger partial charge in [-0.05, 0) is 32.4 Å². The van der Waals surface area contributed by atoms with E-state index < -0.39 is 16.1 Å². The Balaban J connectivity index is 2.36. The summed E-state index contributed by atoms with van der Waals surface area (Å²) in [6, 6.07) is 6.17. The molecule has 0 unspecified atom stereocenters. The van der Waals surface area contributed by atoms with Crippen molar-refractivity contribution in [1.29, 1.82) is 0 Å². The largest absolute Gasteiger partial charge is 0.298 e. The summed E-state index contributed by atoms with van der Waals surface area (Å²) in [5.41, 5.74) is 1.01. The molecule has 1 atom stereocenters. The van der Waals surface area contributed by atoms with Crippen LogP contribution in [0.3, 0.4) is 0 Å². The fourth-order valence-corrected chi connectivity index (χ4v) is 3.80. The second-order valence-corrected chi connectivity index (χ2v) is 6.57. The maximum atomic E-state index is 12.4. The molecule has 0 radical (unpaired) electrons. The molecule has 1 fully saturated rings. The molecule has 1 heterocycles. The van der Waals surface area contributed by atoms with Crippen molar-refractivity contribution >= 4 is 15.8 Å². The van der Waals surface area contributed by atoms with E-state index in [1.54, 1.807) is 31.2 Å². The Morgan fingerprint density at radius 1 is 1.22 bits per heavy atom. The third kappa shape index (κ3) is 2.33. The van der Waals surface area contributed by atoms with Gasteiger partial charge in [0.1, 0.15) is 0 Å². The average molecular weight is 267 g/mol. The Labute approximate surface area is 108 Å². The number of ketones is 1. The number of aryl methyl sites for hydroxylation is 1. The first-order valence-electron chi connectivity index (χ1n) is 6.04. The molecule has 4 nitrogen and oxygen atoms in total. The summed E-state index contributed by atoms with van der Waals surface area (Å²) in [6.45, 7) is 3.99. The summed E-state index contributed by atoms with van der Waals surface area (Å²) in [5, 5.41) is 0. The maximum absolute atomic E-state index is 12.4. The van der Waals surface area contributed by atoms with Crippen molar-refractivity contribution in [3.05, 3.63) is 29.8 Å². The first-order chi connectivity index (χ1) is 8.43. The topological polar surface area (TPSA) is 54.5 Å². The van der Waals surface area contributed by atoms with Crippen LogP contribution < -0.4 is 0 Å². The molecule has 98 valence electrons. The Kier molecular flexibility index (Phi) is 3.54. The third-order valence-corrected chi connectivity index (χ3v) is 5.31. The van der Waals surface area contributed by atoms with Gasteiger partial charge < -0.3 is 0 Å². The van der Waals surface area contributed by atoms with Crippen molar-refractivity contribution in [3.63, 3.8) is 0 Å². The number of carbonyl (C=O) groups is 1. The van der Waals surface area contributed by atoms with Gasteiger partial charge in [-0.2, -0.15) is 4.31 Å². The molecular weight excluding hydrogens is 250 g/mol. The molecular formula is C13H17NO3S. The average Bonchev–Trinajstić information content (AvgIpc) is 2.33. The van der Waals surface area contributed by atoms with Gasteiger partial charge >= 0.3 is 0 Å². The minimum Gasteiger partial charge on any atom is -0.298 e. The molecule has 1 aromatic rings. The van der Waals surface area contributed by atoms with Gasteiger partial charge in [0.15, 0.2) is 5.78 Å². The van der Waals surface area contributed by atoms with Crippen LogP contribution in [0.4, 0.5) is 0 Å². The number of Topliss-reactive ketones (excluding diaryl/α,β-unsaturated/α-hetero) is 1. The molecule has 0 bridgehead atoms. The van der Waals surface area contributed by atoms with Crippen molar-refractivity contribution in [2.24, 2.45) is 0 Å². The highest BCUT2D eigenvalue weighted by molar-refractivity contribution is 7.89. The van der Waals surface area contributed by atoms with Crippen LogP contribution in [0.2, 0.25) is 0 Å². The van der Waals surface area contributed by atoms with Crippen molar-refractivity contribution in [2.45, 2.75) is 37.6 Å². The standard InChI is InChI=1S/C13H17NO3S/c1-10-5-7-12(8-6-10)18(16,17)14-9-3-4-13(15)11(14)2/h5-8,11H,3-4,9H2,1-2H3/t11-/m0/s1. The van der Waals surface area contributed by atoms with Crippen LogP contribution >= 0.6 is 0 Å². The van der Waals surface area contributed by atoms with E-state index in [1.807, 2.05) is 6.92 Å². The van der Waals surface area contributed by atoms with Gasteiger partial charge in [-0.1, -0.05) is 17.7 Å². The van der Waals surface area contributed by atoms with Gasteiger partial charge in [-0.15, -0.1) is 0 Å². The minimum atomic E-state index is -3.55. The van der Waals surface area contributed by atoms with E-state index in [4.69, 9.17) is 0 Å². The molecule has 2 rings (SSSR count). The maximum Gasteiger partial charge on any atom is 0.243 e. The molecule has 1 saturated heterocycles. The molecule has 5 heteroatoms. The van der Waals surface area contributed by atoms with Crippen LogP contribution in [0.5, 0.6) is 0 Å². The smallest absolute Gasteiger partial charge is 0.243 e. The highest BCUT2D eigenvalue weighted by atomic mass is 32.2. The van der Waals surface area contributed by atoms with Crippen molar-refractivity contribution in [2.75, 3.05) is 6.54 Å². The van der Waals surface area contributed by atoms with Crippen LogP contribution in [0.25, 0.3) is 0 Å². The zero-order chi connectivity index (χ0) is 13.3. The quantitative estimate of drug-likeness (QED) is 0.820. The molecule has 0 spiro atoms. The lowest BCUT2D eigenvalue weighted by atomic mass is 10.1. The van der Waals surface area contributed by atoms with Crippen molar-refractivity contribution < 1.29 is 13.2 Å². The number of nitrogens with zero attached hydrogens (tertiary/aromatic N) is 1. The fraction of sp³-hybridized carbons (Fsp3) is 0.462. The lowest BCUT2D eigenvalue weighted by Crippen LogP contribution is -2.47. The minimum absolute atomic E-state index is 0.00284. The molecule has 1 aliphatic heterocycles. The summed E-state index contributed by atoms with van der Waals surface area (Å²) >= 11 is 0. The number of piperidine rings is 1. The Morgan fingerprint density at radius 3 is 2.44 bits per heavy atom. The second-order valence-electron chi connectivity index (χ2n) is 4.67. The van der Waals surface area contributed by atoms with Crippen LogP contribution in [-0.2, 0) is 14.8 Å². The zero-order valence-electron chi connectivity index (χ0n) is 10.6. The third-order valence-electron chi connectivity index (χ3n) is 3.33. The first-order valence-corrected chi connectivity index (χ1v) is 7.48. The van der Waals surface area contributed by atoms with Gasteiger partial charge in [-0.25, -0.2) is 8.42 Å². The van der Waals surface area contributed by atoms with E-state index in [9.17, 15) is 13.2 Å². The Morgan fingerprint density at radius 2 is 1.83 bits per heavy atom. The molecule has 18 heavy (non-hydrogen) atoms. The second kappa shape index (κ2) is 4.82. The van der Waals surface area contributed by atoms with Crippen LogP contribution in [0.15, 0.2) is 29.2 Å². The van der Waals surface area contributed by atoms with E-state index in [0.717, 1.165) is 5.56 Å². The number of rotatable bonds is 2. The van der Waals surface area contributed by atoms with E-state index >= 15 is 0 Å². The predicted octanol–water partition coefficient (Wildman–Crippen LogP) is 1.74. The summed E-state index contributed by atoms with van der Waals surface area (Å²) < 4.78 is 26.2. The molecule has 0 saturated carbocycles. The van der Waals surface area contributed by atoms with E-state index in [0.29, 0.717) is 19.4 Å². The highest BCUT2D eigenvalue weighted by Gasteiger charge is 2.35. The number of sulfonamides is 1. The summed E-state index contributed by atoms with van der Waals surface area (Å²) in [5.74, 6) is -0.00284. The number of hydrogen-bond acceptors (Lipinski definition) is 3. The lowest BCUT2D eigenvalue weighted by Gasteiger charge is -2.31. The molecule has 0 N–H and O–H groups in total. The van der Waals surface area contributed by atoms with Gasteiger partial charge in [0, 0.05) is 13.0 Å². The van der Waals surface area contributed by atoms with Crippen molar-refractivity contribution in [3.8, 4) is 0 Å². The fourth-order valence-electron chi connectivity index (χ4n) is 2.15. The number of carbonyl (C=O) groups excluding carboxylic acids is 1. The summed E-state index contributed by atoms with van der Waals surface area (Å²) in [6.07, 6.45) is 1.08.